The van der Waals surface area contributed by atoms with Crippen molar-refractivity contribution >= 4 is 28.8 Å². The van der Waals surface area contributed by atoms with E-state index in [-0.39, 0.29) is 5.91 Å². The van der Waals surface area contributed by atoms with E-state index in [4.69, 9.17) is 16.7 Å². The molecule has 2 aromatic carbocycles. The second kappa shape index (κ2) is 8.52. The minimum absolute atomic E-state index is 0.00113. The number of hydrogen-bond acceptors (Lipinski definition) is 4. The average molecular weight is 460 g/mol. The van der Waals surface area contributed by atoms with Gasteiger partial charge in [-0.05, 0) is 44.0 Å². The minimum atomic E-state index is -0.00113. The van der Waals surface area contributed by atoms with Crippen molar-refractivity contribution in [2.24, 2.45) is 0 Å². The van der Waals surface area contributed by atoms with Gasteiger partial charge in [-0.25, -0.2) is 9.50 Å². The van der Waals surface area contributed by atoms with Gasteiger partial charge in [-0.3, -0.25) is 4.79 Å². The van der Waals surface area contributed by atoms with E-state index in [1.165, 1.54) is 5.56 Å². The molecule has 6 nitrogen and oxygen atoms in total. The van der Waals surface area contributed by atoms with Crippen LogP contribution >= 0.6 is 11.6 Å². The highest BCUT2D eigenvalue weighted by atomic mass is 35.5. The van der Waals surface area contributed by atoms with Gasteiger partial charge < -0.3 is 9.80 Å². The van der Waals surface area contributed by atoms with Crippen molar-refractivity contribution in [3.05, 3.63) is 82.3 Å². The topological polar surface area (TPSA) is 53.7 Å². The zero-order chi connectivity index (χ0) is 23.1. The van der Waals surface area contributed by atoms with Crippen molar-refractivity contribution < 1.29 is 4.79 Å². The molecule has 1 aliphatic rings. The molecular weight excluding hydrogens is 434 g/mol. The first-order valence-electron chi connectivity index (χ1n) is 11.1. The van der Waals surface area contributed by atoms with Crippen LogP contribution < -0.4 is 4.90 Å². The summed E-state index contributed by atoms with van der Waals surface area (Å²) in [4.78, 5) is 22.3. The Hall–Kier alpha value is -3.38. The molecule has 0 aliphatic carbocycles. The molecule has 5 rings (SSSR count). The maximum absolute atomic E-state index is 13.4. The molecule has 3 heterocycles. The molecule has 1 aliphatic heterocycles. The van der Waals surface area contributed by atoms with Crippen molar-refractivity contribution in [2.45, 2.75) is 20.8 Å². The monoisotopic (exact) mass is 459 g/mol. The third-order valence-corrected chi connectivity index (χ3v) is 6.67. The summed E-state index contributed by atoms with van der Waals surface area (Å²) in [5.74, 6) is -0.00113. The highest BCUT2D eigenvalue weighted by molar-refractivity contribution is 6.30. The molecule has 33 heavy (non-hydrogen) atoms. The van der Waals surface area contributed by atoms with E-state index in [9.17, 15) is 4.79 Å². The number of piperazine rings is 1. The molecule has 4 aromatic rings. The Kier molecular flexibility index (Phi) is 5.54. The number of carbonyl (C=O) groups excluding carboxylic acids is 1. The lowest BCUT2D eigenvalue weighted by molar-refractivity contribution is 0.0745. The van der Waals surface area contributed by atoms with Crippen LogP contribution in [0.4, 0.5) is 5.69 Å². The second-order valence-corrected chi connectivity index (χ2v) is 8.97. The third kappa shape index (κ3) is 3.85. The van der Waals surface area contributed by atoms with E-state index < -0.39 is 0 Å². The predicted molar refractivity (Wildman–Crippen MR) is 132 cm³/mol. The molecule has 0 radical (unpaired) electrons. The van der Waals surface area contributed by atoms with Gasteiger partial charge in [-0.2, -0.15) is 5.10 Å². The number of aryl methyl sites for hydroxylation is 3. The molecule has 0 N–H and O–H groups in total. The fourth-order valence-electron chi connectivity index (χ4n) is 4.60. The van der Waals surface area contributed by atoms with E-state index in [2.05, 4.69) is 28.9 Å². The summed E-state index contributed by atoms with van der Waals surface area (Å²) < 4.78 is 1.80. The Balaban J connectivity index is 1.39. The van der Waals surface area contributed by atoms with Crippen LogP contribution in [0, 0.1) is 20.8 Å². The number of anilines is 1. The van der Waals surface area contributed by atoms with Crippen LogP contribution in [0.15, 0.2) is 54.7 Å². The Morgan fingerprint density at radius 3 is 2.42 bits per heavy atom. The SMILES string of the molecule is Cc1ccc(Cl)cc1N1CCN(C(=O)c2cnc3c(-c4ccccc4)c(C)nn3c2C)CC1. The first-order valence-corrected chi connectivity index (χ1v) is 11.5. The van der Waals surface area contributed by atoms with Crippen LogP contribution in [-0.2, 0) is 0 Å². The fraction of sp³-hybridized carbons (Fsp3) is 0.269. The highest BCUT2D eigenvalue weighted by Crippen LogP contribution is 2.29. The van der Waals surface area contributed by atoms with Gasteiger partial charge in [0.1, 0.15) is 0 Å². The third-order valence-electron chi connectivity index (χ3n) is 6.43. The molecule has 0 unspecified atom stereocenters. The second-order valence-electron chi connectivity index (χ2n) is 8.53. The number of carbonyl (C=O) groups is 1. The summed E-state index contributed by atoms with van der Waals surface area (Å²) >= 11 is 6.21. The Bertz CT molecular complexity index is 1340. The van der Waals surface area contributed by atoms with Crippen LogP contribution in [0.2, 0.25) is 5.02 Å². The van der Waals surface area contributed by atoms with Crippen molar-refractivity contribution in [1.82, 2.24) is 19.5 Å². The van der Waals surface area contributed by atoms with Gasteiger partial charge in [0.15, 0.2) is 5.65 Å². The van der Waals surface area contributed by atoms with E-state index in [1.54, 1.807) is 10.7 Å². The number of fused-ring (bicyclic) bond motifs is 1. The largest absolute Gasteiger partial charge is 0.368 e. The standard InChI is InChI=1S/C26H26ClN5O/c1-17-9-10-21(27)15-23(17)30-11-13-31(14-12-30)26(33)22-16-28-25-24(20-7-5-4-6-8-20)18(2)29-32(25)19(22)3/h4-10,15-16H,11-14H2,1-3H3. The zero-order valence-corrected chi connectivity index (χ0v) is 19.8. The van der Waals surface area contributed by atoms with Crippen LogP contribution in [0.3, 0.4) is 0 Å². The smallest absolute Gasteiger partial charge is 0.257 e. The van der Waals surface area contributed by atoms with E-state index in [0.717, 1.165) is 52.0 Å². The number of hydrogen-bond donors (Lipinski definition) is 0. The van der Waals surface area contributed by atoms with Crippen molar-refractivity contribution in [1.29, 1.82) is 0 Å². The van der Waals surface area contributed by atoms with Crippen molar-refractivity contribution in [3.63, 3.8) is 0 Å². The lowest BCUT2D eigenvalue weighted by atomic mass is 10.1. The first-order chi connectivity index (χ1) is 15.9. The first kappa shape index (κ1) is 21.5. The quantitative estimate of drug-likeness (QED) is 0.435. The van der Waals surface area contributed by atoms with Gasteiger partial charge in [0, 0.05) is 48.6 Å². The average Bonchev–Trinajstić information content (AvgIpc) is 3.18. The summed E-state index contributed by atoms with van der Waals surface area (Å²) in [7, 11) is 0. The van der Waals surface area contributed by atoms with Gasteiger partial charge in [-0.15, -0.1) is 0 Å². The van der Waals surface area contributed by atoms with Gasteiger partial charge in [-0.1, -0.05) is 48.0 Å². The molecule has 1 fully saturated rings. The lowest BCUT2D eigenvalue weighted by Crippen LogP contribution is -2.49. The van der Waals surface area contributed by atoms with Crippen LogP contribution in [0.1, 0.15) is 27.3 Å². The summed E-state index contributed by atoms with van der Waals surface area (Å²) in [6, 6.07) is 16.1. The van der Waals surface area contributed by atoms with E-state index in [0.29, 0.717) is 18.7 Å². The van der Waals surface area contributed by atoms with Crippen LogP contribution in [0.5, 0.6) is 0 Å². The van der Waals surface area contributed by atoms with Gasteiger partial charge in [0.2, 0.25) is 0 Å². The molecule has 0 spiro atoms. The zero-order valence-electron chi connectivity index (χ0n) is 19.0. The van der Waals surface area contributed by atoms with Gasteiger partial charge >= 0.3 is 0 Å². The molecule has 1 saturated heterocycles. The molecule has 1 amide bonds. The number of nitrogens with zero attached hydrogens (tertiary/aromatic N) is 5. The Labute approximate surface area is 198 Å². The molecule has 7 heteroatoms. The predicted octanol–water partition coefficient (Wildman–Crippen LogP) is 4.94. The molecule has 168 valence electrons. The summed E-state index contributed by atoms with van der Waals surface area (Å²) in [5, 5.41) is 5.44. The Morgan fingerprint density at radius 1 is 0.970 bits per heavy atom. The van der Waals surface area contributed by atoms with Crippen LogP contribution in [0.25, 0.3) is 16.8 Å². The van der Waals surface area contributed by atoms with E-state index >= 15 is 0 Å². The number of amides is 1. The molecular formula is C26H26ClN5O. The van der Waals surface area contributed by atoms with Crippen LogP contribution in [-0.4, -0.2) is 51.6 Å². The molecule has 0 saturated carbocycles. The van der Waals surface area contributed by atoms with Crippen molar-refractivity contribution in [2.75, 3.05) is 31.1 Å². The summed E-state index contributed by atoms with van der Waals surface area (Å²) in [6.45, 7) is 8.83. The number of benzene rings is 2. The van der Waals surface area contributed by atoms with Crippen molar-refractivity contribution in [3.8, 4) is 11.1 Å². The summed E-state index contributed by atoms with van der Waals surface area (Å²) in [6.07, 6.45) is 1.70. The maximum atomic E-state index is 13.4. The normalized spacial score (nSPS) is 14.2. The number of rotatable bonds is 3. The maximum Gasteiger partial charge on any atom is 0.257 e. The molecule has 2 aromatic heterocycles. The summed E-state index contributed by atoms with van der Waals surface area (Å²) in [5.41, 5.74) is 7.47. The minimum Gasteiger partial charge on any atom is -0.368 e. The fourth-order valence-corrected chi connectivity index (χ4v) is 4.76. The lowest BCUT2D eigenvalue weighted by Gasteiger charge is -2.37. The van der Waals surface area contributed by atoms with Gasteiger partial charge in [0.25, 0.3) is 5.91 Å². The number of halogens is 1. The van der Waals surface area contributed by atoms with Gasteiger partial charge in [0.05, 0.1) is 17.0 Å². The molecule has 0 bridgehead atoms. The Morgan fingerprint density at radius 2 is 1.70 bits per heavy atom. The highest BCUT2D eigenvalue weighted by Gasteiger charge is 2.26. The van der Waals surface area contributed by atoms with E-state index in [1.807, 2.05) is 55.1 Å². The number of aromatic nitrogens is 3. The molecule has 0 atom stereocenters.